The van der Waals surface area contributed by atoms with Gasteiger partial charge >= 0.3 is 0 Å². The summed E-state index contributed by atoms with van der Waals surface area (Å²) in [5, 5.41) is 3.35. The van der Waals surface area contributed by atoms with E-state index in [2.05, 4.69) is 10.2 Å². The molecular formula is C11H24N2O2. The van der Waals surface area contributed by atoms with Crippen molar-refractivity contribution in [1.29, 1.82) is 0 Å². The van der Waals surface area contributed by atoms with E-state index in [-0.39, 0.29) is 0 Å². The normalized spacial score (nSPS) is 25.2. The first-order valence-electron chi connectivity index (χ1n) is 6.07. The average Bonchev–Trinajstić information content (AvgIpc) is 2.61. The summed E-state index contributed by atoms with van der Waals surface area (Å²) >= 11 is 0. The monoisotopic (exact) mass is 216 g/mol. The maximum absolute atomic E-state index is 5.47. The van der Waals surface area contributed by atoms with Crippen molar-refractivity contribution in [2.75, 3.05) is 52.6 Å². The van der Waals surface area contributed by atoms with E-state index in [1.165, 1.54) is 0 Å². The molecule has 0 aliphatic carbocycles. The lowest BCUT2D eigenvalue weighted by atomic mass is 10.2. The smallest absolute Gasteiger partial charge is 0.0701 e. The van der Waals surface area contributed by atoms with Crippen molar-refractivity contribution in [2.24, 2.45) is 0 Å². The summed E-state index contributed by atoms with van der Waals surface area (Å²) in [6.45, 7) is 11.6. The molecule has 2 saturated heterocycles. The lowest BCUT2D eigenvalue weighted by Crippen LogP contribution is -2.51. The molecule has 2 fully saturated rings. The van der Waals surface area contributed by atoms with Crippen LogP contribution in [0.5, 0.6) is 0 Å². The van der Waals surface area contributed by atoms with Crippen molar-refractivity contribution in [3.05, 3.63) is 0 Å². The molecule has 2 aliphatic rings. The van der Waals surface area contributed by atoms with Crippen LogP contribution in [-0.4, -0.2) is 63.5 Å². The number of nitrogens with one attached hydrogen (secondary N) is 1. The van der Waals surface area contributed by atoms with Crippen molar-refractivity contribution >= 4 is 0 Å². The maximum atomic E-state index is 5.47. The molecule has 0 amide bonds. The van der Waals surface area contributed by atoms with Crippen LogP contribution < -0.4 is 5.32 Å². The first-order chi connectivity index (χ1) is 7.47. The second kappa shape index (κ2) is 8.05. The van der Waals surface area contributed by atoms with Gasteiger partial charge in [0.15, 0.2) is 0 Å². The maximum Gasteiger partial charge on any atom is 0.0701 e. The highest BCUT2D eigenvalue weighted by Gasteiger charge is 2.22. The number of rotatable bonds is 1. The van der Waals surface area contributed by atoms with Crippen LogP contribution in [0.1, 0.15) is 13.8 Å². The SMILES string of the molecule is C1CN(C2COCCOC2)CCN1.CC. The first kappa shape index (κ1) is 12.9. The van der Waals surface area contributed by atoms with Crippen LogP contribution >= 0.6 is 0 Å². The molecule has 1 N–H and O–H groups in total. The topological polar surface area (TPSA) is 33.7 Å². The van der Waals surface area contributed by atoms with Gasteiger partial charge in [0.25, 0.3) is 0 Å². The van der Waals surface area contributed by atoms with E-state index in [4.69, 9.17) is 9.47 Å². The van der Waals surface area contributed by atoms with Crippen LogP contribution in [0.4, 0.5) is 0 Å². The summed E-state index contributed by atoms with van der Waals surface area (Å²) in [7, 11) is 0. The number of hydrogen-bond acceptors (Lipinski definition) is 4. The predicted molar refractivity (Wildman–Crippen MR) is 61.2 cm³/mol. The first-order valence-corrected chi connectivity index (χ1v) is 6.07. The van der Waals surface area contributed by atoms with E-state index in [1.807, 2.05) is 13.8 Å². The van der Waals surface area contributed by atoms with Crippen molar-refractivity contribution in [1.82, 2.24) is 10.2 Å². The molecule has 2 aliphatic heterocycles. The van der Waals surface area contributed by atoms with Crippen molar-refractivity contribution in [3.63, 3.8) is 0 Å². The lowest BCUT2D eigenvalue weighted by molar-refractivity contribution is 0.0628. The molecule has 2 rings (SSSR count). The highest BCUT2D eigenvalue weighted by molar-refractivity contribution is 4.77. The lowest BCUT2D eigenvalue weighted by Gasteiger charge is -2.33. The Balaban J connectivity index is 0.000000531. The minimum absolute atomic E-state index is 0.476. The van der Waals surface area contributed by atoms with Gasteiger partial charge in [0, 0.05) is 26.2 Å². The van der Waals surface area contributed by atoms with Gasteiger partial charge < -0.3 is 14.8 Å². The average molecular weight is 216 g/mol. The quantitative estimate of drug-likeness (QED) is 0.685. The van der Waals surface area contributed by atoms with Gasteiger partial charge in [0.2, 0.25) is 0 Å². The van der Waals surface area contributed by atoms with E-state index in [1.54, 1.807) is 0 Å². The zero-order chi connectivity index (χ0) is 10.9. The molecule has 0 bridgehead atoms. The third-order valence-electron chi connectivity index (χ3n) is 2.66. The molecule has 15 heavy (non-hydrogen) atoms. The van der Waals surface area contributed by atoms with Gasteiger partial charge in [0.05, 0.1) is 32.5 Å². The molecule has 0 aromatic carbocycles. The van der Waals surface area contributed by atoms with Crippen LogP contribution in [0.3, 0.4) is 0 Å². The van der Waals surface area contributed by atoms with Gasteiger partial charge in [0.1, 0.15) is 0 Å². The summed E-state index contributed by atoms with van der Waals surface area (Å²) in [6.07, 6.45) is 0. The number of piperazine rings is 1. The second-order valence-electron chi connectivity index (χ2n) is 3.59. The zero-order valence-corrected chi connectivity index (χ0v) is 10.00. The molecule has 0 aromatic heterocycles. The van der Waals surface area contributed by atoms with E-state index < -0.39 is 0 Å². The van der Waals surface area contributed by atoms with Gasteiger partial charge in [-0.25, -0.2) is 0 Å². The minimum Gasteiger partial charge on any atom is -0.377 e. The summed E-state index contributed by atoms with van der Waals surface area (Å²) in [5.41, 5.74) is 0. The molecule has 2 heterocycles. The molecule has 0 unspecified atom stereocenters. The van der Waals surface area contributed by atoms with E-state index >= 15 is 0 Å². The van der Waals surface area contributed by atoms with Crippen molar-refractivity contribution in [2.45, 2.75) is 19.9 Å². The van der Waals surface area contributed by atoms with Crippen LogP contribution in [0, 0.1) is 0 Å². The van der Waals surface area contributed by atoms with Gasteiger partial charge in [-0.1, -0.05) is 13.8 Å². The zero-order valence-electron chi connectivity index (χ0n) is 10.00. The molecule has 90 valence electrons. The van der Waals surface area contributed by atoms with Crippen LogP contribution in [0.15, 0.2) is 0 Å². The summed E-state index contributed by atoms with van der Waals surface area (Å²) in [5.74, 6) is 0. The molecule has 0 radical (unpaired) electrons. The Kier molecular flexibility index (Phi) is 6.92. The van der Waals surface area contributed by atoms with E-state index in [0.717, 1.165) is 52.6 Å². The summed E-state index contributed by atoms with van der Waals surface area (Å²) < 4.78 is 10.9. The Hall–Kier alpha value is -0.160. The highest BCUT2D eigenvalue weighted by atomic mass is 16.5. The number of nitrogens with zero attached hydrogens (tertiary/aromatic N) is 1. The minimum atomic E-state index is 0.476. The van der Waals surface area contributed by atoms with Crippen LogP contribution in [-0.2, 0) is 9.47 Å². The van der Waals surface area contributed by atoms with Crippen LogP contribution in [0.2, 0.25) is 0 Å². The van der Waals surface area contributed by atoms with Gasteiger partial charge in [-0.2, -0.15) is 0 Å². The Bertz CT molecular complexity index is 142. The molecular weight excluding hydrogens is 192 g/mol. The van der Waals surface area contributed by atoms with Crippen LogP contribution in [0.25, 0.3) is 0 Å². The molecule has 0 saturated carbocycles. The Morgan fingerprint density at radius 2 is 1.53 bits per heavy atom. The molecule has 0 atom stereocenters. The summed E-state index contributed by atoms with van der Waals surface area (Å²) in [6, 6.07) is 0.476. The predicted octanol–water partition coefficient (Wildman–Crippen LogP) is 0.333. The Morgan fingerprint density at radius 1 is 1.00 bits per heavy atom. The molecule has 4 heteroatoms. The molecule has 4 nitrogen and oxygen atoms in total. The van der Waals surface area contributed by atoms with Gasteiger partial charge in [-0.15, -0.1) is 0 Å². The van der Waals surface area contributed by atoms with Crippen molar-refractivity contribution < 1.29 is 9.47 Å². The standard InChI is InChI=1S/C9H18N2O2.C2H6/c1-3-11(4-2-10-1)9-7-12-5-6-13-8-9;1-2/h9-10H,1-8H2;1-2H3. The van der Waals surface area contributed by atoms with Gasteiger partial charge in [-0.3, -0.25) is 4.90 Å². The second-order valence-corrected chi connectivity index (χ2v) is 3.59. The van der Waals surface area contributed by atoms with E-state index in [9.17, 15) is 0 Å². The number of hydrogen-bond donors (Lipinski definition) is 1. The fourth-order valence-electron chi connectivity index (χ4n) is 1.86. The third kappa shape index (κ3) is 4.47. The largest absolute Gasteiger partial charge is 0.377 e. The molecule has 0 spiro atoms. The Morgan fingerprint density at radius 3 is 2.07 bits per heavy atom. The third-order valence-corrected chi connectivity index (χ3v) is 2.66. The van der Waals surface area contributed by atoms with Crippen molar-refractivity contribution in [3.8, 4) is 0 Å². The fourth-order valence-corrected chi connectivity index (χ4v) is 1.86. The number of ether oxygens (including phenoxy) is 2. The Labute approximate surface area is 92.9 Å². The fraction of sp³-hybridized carbons (Fsp3) is 1.00. The van der Waals surface area contributed by atoms with E-state index in [0.29, 0.717) is 6.04 Å². The summed E-state index contributed by atoms with van der Waals surface area (Å²) in [4.78, 5) is 2.46. The van der Waals surface area contributed by atoms with Gasteiger partial charge in [-0.05, 0) is 0 Å². The molecule has 0 aromatic rings. The highest BCUT2D eigenvalue weighted by Crippen LogP contribution is 2.05.